The number of nitrogens with zero attached hydrogens (tertiary/aromatic N) is 2. The predicted molar refractivity (Wildman–Crippen MR) is 81.1 cm³/mol. The lowest BCUT2D eigenvalue weighted by Gasteiger charge is -2.27. The average molecular weight is 294 g/mol. The Hall–Kier alpha value is -1.76. The Morgan fingerprint density at radius 2 is 2.35 bits per heavy atom. The van der Waals surface area contributed by atoms with Crippen molar-refractivity contribution in [3.8, 4) is 0 Å². The van der Waals surface area contributed by atoms with E-state index in [0.717, 1.165) is 12.4 Å². The van der Waals surface area contributed by atoms with Crippen LogP contribution in [0.15, 0.2) is 18.3 Å². The van der Waals surface area contributed by atoms with Gasteiger partial charge in [0.15, 0.2) is 0 Å². The number of aromatic nitrogens is 1. The van der Waals surface area contributed by atoms with Crippen LogP contribution in [0.4, 0.5) is 11.5 Å². The number of nitrogens with one attached hydrogen (secondary N) is 2. The average Bonchev–Trinajstić information content (AvgIpc) is 2.47. The molecule has 1 atom stereocenters. The van der Waals surface area contributed by atoms with E-state index in [0.29, 0.717) is 18.8 Å². The number of amides is 2. The minimum absolute atomic E-state index is 0.00391. The fourth-order valence-electron chi connectivity index (χ4n) is 1.83. The highest BCUT2D eigenvalue weighted by Gasteiger charge is 2.17. The molecule has 1 aromatic heterocycles. The number of hydrogen-bond donors (Lipinski definition) is 2. The van der Waals surface area contributed by atoms with Crippen molar-refractivity contribution in [2.45, 2.75) is 12.2 Å². The van der Waals surface area contributed by atoms with Crippen LogP contribution in [-0.2, 0) is 9.59 Å². The molecule has 0 bridgehead atoms. The molecule has 1 aromatic rings. The third-order valence-electron chi connectivity index (χ3n) is 3.10. The maximum Gasteiger partial charge on any atom is 0.239 e. The molecule has 1 fully saturated rings. The van der Waals surface area contributed by atoms with Gasteiger partial charge in [0.1, 0.15) is 5.82 Å². The van der Waals surface area contributed by atoms with E-state index in [-0.39, 0.29) is 17.1 Å². The molecule has 0 saturated carbocycles. The minimum atomic E-state index is -0.0968. The van der Waals surface area contributed by atoms with Crippen molar-refractivity contribution in [1.82, 2.24) is 10.3 Å². The quantitative estimate of drug-likeness (QED) is 0.855. The van der Waals surface area contributed by atoms with E-state index in [1.807, 2.05) is 24.1 Å². The van der Waals surface area contributed by atoms with Crippen molar-refractivity contribution >= 4 is 35.1 Å². The second-order valence-corrected chi connectivity index (χ2v) is 5.72. The molecule has 7 heteroatoms. The Kier molecular flexibility index (Phi) is 4.84. The lowest BCUT2D eigenvalue weighted by Crippen LogP contribution is -2.48. The summed E-state index contributed by atoms with van der Waals surface area (Å²) in [5, 5.41) is 5.49. The Morgan fingerprint density at radius 3 is 2.95 bits per heavy atom. The number of piperazine rings is 1. The van der Waals surface area contributed by atoms with Gasteiger partial charge < -0.3 is 15.5 Å². The zero-order valence-electron chi connectivity index (χ0n) is 11.5. The van der Waals surface area contributed by atoms with Gasteiger partial charge in [-0.2, -0.15) is 11.8 Å². The number of carbonyl (C=O) groups is 2. The number of rotatable bonds is 4. The highest BCUT2D eigenvalue weighted by atomic mass is 32.2. The summed E-state index contributed by atoms with van der Waals surface area (Å²) in [6, 6.07) is 3.62. The molecule has 108 valence electrons. The highest BCUT2D eigenvalue weighted by molar-refractivity contribution is 7.99. The molecule has 1 aliphatic rings. The van der Waals surface area contributed by atoms with Gasteiger partial charge in [-0.25, -0.2) is 4.98 Å². The third-order valence-corrected chi connectivity index (χ3v) is 4.02. The van der Waals surface area contributed by atoms with E-state index in [2.05, 4.69) is 15.6 Å². The second kappa shape index (κ2) is 6.60. The zero-order valence-corrected chi connectivity index (χ0v) is 12.4. The van der Waals surface area contributed by atoms with Crippen LogP contribution in [0, 0.1) is 0 Å². The Morgan fingerprint density at radius 1 is 1.55 bits per heavy atom. The summed E-state index contributed by atoms with van der Waals surface area (Å²) >= 11 is 1.49. The third kappa shape index (κ3) is 3.63. The first-order valence-corrected chi connectivity index (χ1v) is 7.70. The Balaban J connectivity index is 1.99. The van der Waals surface area contributed by atoms with Crippen molar-refractivity contribution in [2.24, 2.45) is 0 Å². The fourth-order valence-corrected chi connectivity index (χ4v) is 2.11. The first-order valence-electron chi connectivity index (χ1n) is 6.41. The van der Waals surface area contributed by atoms with Crippen LogP contribution in [0.5, 0.6) is 0 Å². The summed E-state index contributed by atoms with van der Waals surface area (Å²) in [5.74, 6) is 0.712. The molecule has 0 aromatic carbocycles. The van der Waals surface area contributed by atoms with Gasteiger partial charge in [-0.1, -0.05) is 0 Å². The van der Waals surface area contributed by atoms with E-state index in [9.17, 15) is 9.59 Å². The standard InChI is InChI=1S/C13H18N4O2S/c1-9(20-2)13(19)16-10-3-4-11(15-7-10)17-6-5-14-12(18)8-17/h3-4,7,9H,5-6,8H2,1-2H3,(H,14,18)(H,16,19). The van der Waals surface area contributed by atoms with Crippen LogP contribution in [0.3, 0.4) is 0 Å². The first kappa shape index (κ1) is 14.6. The van der Waals surface area contributed by atoms with E-state index in [1.54, 1.807) is 12.3 Å². The van der Waals surface area contributed by atoms with Crippen LogP contribution in [0.2, 0.25) is 0 Å². The van der Waals surface area contributed by atoms with Gasteiger partial charge in [0, 0.05) is 13.1 Å². The lowest BCUT2D eigenvalue weighted by atomic mass is 10.3. The van der Waals surface area contributed by atoms with Gasteiger partial charge in [0.25, 0.3) is 0 Å². The molecule has 2 amide bonds. The molecule has 0 spiro atoms. The lowest BCUT2D eigenvalue weighted by molar-refractivity contribution is -0.120. The molecule has 2 rings (SSSR count). The van der Waals surface area contributed by atoms with Crippen LogP contribution in [0.25, 0.3) is 0 Å². The van der Waals surface area contributed by atoms with Gasteiger partial charge >= 0.3 is 0 Å². The van der Waals surface area contributed by atoms with Crippen molar-refractivity contribution in [1.29, 1.82) is 0 Å². The molecule has 0 aliphatic carbocycles. The van der Waals surface area contributed by atoms with Crippen molar-refractivity contribution in [2.75, 3.05) is 36.1 Å². The monoisotopic (exact) mass is 294 g/mol. The molecule has 1 saturated heterocycles. The molecule has 1 unspecified atom stereocenters. The SMILES string of the molecule is CSC(C)C(=O)Nc1ccc(N2CCNC(=O)C2)nc1. The smallest absolute Gasteiger partial charge is 0.239 e. The van der Waals surface area contributed by atoms with Crippen LogP contribution in [-0.4, -0.2) is 47.9 Å². The van der Waals surface area contributed by atoms with Crippen LogP contribution < -0.4 is 15.5 Å². The van der Waals surface area contributed by atoms with Crippen molar-refractivity contribution < 1.29 is 9.59 Å². The number of anilines is 2. The molecular formula is C13H18N4O2S. The maximum absolute atomic E-state index is 11.8. The molecule has 6 nitrogen and oxygen atoms in total. The zero-order chi connectivity index (χ0) is 14.5. The van der Waals surface area contributed by atoms with Crippen LogP contribution >= 0.6 is 11.8 Å². The fraction of sp³-hybridized carbons (Fsp3) is 0.462. The van der Waals surface area contributed by atoms with Crippen LogP contribution in [0.1, 0.15) is 6.92 Å². The summed E-state index contributed by atoms with van der Waals surface area (Å²) in [4.78, 5) is 29.3. The van der Waals surface area contributed by atoms with Crippen molar-refractivity contribution in [3.05, 3.63) is 18.3 Å². The summed E-state index contributed by atoms with van der Waals surface area (Å²) in [7, 11) is 0. The summed E-state index contributed by atoms with van der Waals surface area (Å²) in [6.07, 6.45) is 3.51. The summed E-state index contributed by atoms with van der Waals surface area (Å²) in [5.41, 5.74) is 0.668. The number of hydrogen-bond acceptors (Lipinski definition) is 5. The molecule has 2 N–H and O–H groups in total. The summed E-state index contributed by atoms with van der Waals surface area (Å²) < 4.78 is 0. The maximum atomic E-state index is 11.8. The molecule has 0 radical (unpaired) electrons. The molecule has 2 heterocycles. The number of thioether (sulfide) groups is 1. The van der Waals surface area contributed by atoms with Gasteiger partial charge in [0.2, 0.25) is 11.8 Å². The summed E-state index contributed by atoms with van der Waals surface area (Å²) in [6.45, 7) is 3.55. The van der Waals surface area contributed by atoms with Crippen molar-refractivity contribution in [3.63, 3.8) is 0 Å². The van der Waals surface area contributed by atoms with E-state index < -0.39 is 0 Å². The first-order chi connectivity index (χ1) is 9.60. The Labute approximate surface area is 122 Å². The molecule has 20 heavy (non-hydrogen) atoms. The Bertz CT molecular complexity index is 492. The second-order valence-electron chi connectivity index (χ2n) is 4.54. The van der Waals surface area contributed by atoms with Gasteiger partial charge in [0.05, 0.1) is 23.7 Å². The molecular weight excluding hydrogens is 276 g/mol. The van der Waals surface area contributed by atoms with E-state index in [1.165, 1.54) is 11.8 Å². The number of carbonyl (C=O) groups excluding carboxylic acids is 2. The van der Waals surface area contributed by atoms with Gasteiger partial charge in [-0.3, -0.25) is 9.59 Å². The van der Waals surface area contributed by atoms with E-state index >= 15 is 0 Å². The largest absolute Gasteiger partial charge is 0.353 e. The highest BCUT2D eigenvalue weighted by Crippen LogP contribution is 2.16. The minimum Gasteiger partial charge on any atom is -0.353 e. The number of pyridine rings is 1. The normalized spacial score (nSPS) is 16.5. The molecule has 1 aliphatic heterocycles. The predicted octanol–water partition coefficient (Wildman–Crippen LogP) is 0.708. The van der Waals surface area contributed by atoms with Gasteiger partial charge in [-0.15, -0.1) is 0 Å². The topological polar surface area (TPSA) is 74.3 Å². The van der Waals surface area contributed by atoms with E-state index in [4.69, 9.17) is 0 Å². The van der Waals surface area contributed by atoms with Gasteiger partial charge in [-0.05, 0) is 25.3 Å².